The quantitative estimate of drug-likeness (QED) is 0.414. The van der Waals surface area contributed by atoms with Crippen molar-refractivity contribution in [3.05, 3.63) is 52.3 Å². The van der Waals surface area contributed by atoms with Gasteiger partial charge in [0.25, 0.3) is 5.91 Å². The number of nitrogens with two attached hydrogens (primary N) is 1. The van der Waals surface area contributed by atoms with Gasteiger partial charge in [-0.25, -0.2) is 4.98 Å². The molecule has 0 radical (unpaired) electrons. The van der Waals surface area contributed by atoms with E-state index in [-0.39, 0.29) is 23.6 Å². The van der Waals surface area contributed by atoms with Crippen LogP contribution in [0.25, 0.3) is 0 Å². The molecule has 4 N–H and O–H groups in total. The van der Waals surface area contributed by atoms with E-state index in [9.17, 15) is 14.4 Å². The molecule has 0 aliphatic carbocycles. The molecule has 3 amide bonds. The zero-order valence-electron chi connectivity index (χ0n) is 19.5. The summed E-state index contributed by atoms with van der Waals surface area (Å²) >= 11 is 3.68. The van der Waals surface area contributed by atoms with E-state index in [4.69, 9.17) is 10.5 Å². The molecule has 1 aromatic carbocycles. The Hall–Kier alpha value is -2.98. The smallest absolute Gasteiger partial charge is 0.267 e. The van der Waals surface area contributed by atoms with Crippen LogP contribution in [0.15, 0.2) is 41.0 Å². The zero-order chi connectivity index (χ0) is 24.8. The molecule has 2 fully saturated rings. The lowest BCUT2D eigenvalue weighted by Gasteiger charge is -2.35. The zero-order valence-corrected chi connectivity index (χ0v) is 21.1. The fourth-order valence-corrected chi connectivity index (χ4v) is 5.05. The number of hydrogen-bond acceptors (Lipinski definition) is 7. The van der Waals surface area contributed by atoms with Crippen molar-refractivity contribution in [1.82, 2.24) is 15.6 Å². The molecule has 1 unspecified atom stereocenters. The number of aromatic nitrogens is 1. The number of hydrogen-bond donors (Lipinski definition) is 3. The number of halogens is 1. The van der Waals surface area contributed by atoms with Gasteiger partial charge in [0.1, 0.15) is 11.4 Å². The summed E-state index contributed by atoms with van der Waals surface area (Å²) in [5, 5.41) is 5.72. The van der Waals surface area contributed by atoms with E-state index in [0.29, 0.717) is 37.7 Å². The largest absolute Gasteiger partial charge is 0.492 e. The molecule has 3 heterocycles. The average molecular weight is 544 g/mol. The average Bonchev–Trinajstić information content (AvgIpc) is 2.85. The third-order valence-electron chi connectivity index (χ3n) is 6.60. The molecule has 0 saturated carbocycles. The Labute approximate surface area is 212 Å². The minimum atomic E-state index is -0.552. The number of benzene rings is 1. The second-order valence-electron chi connectivity index (χ2n) is 8.93. The maximum absolute atomic E-state index is 12.1. The first-order chi connectivity index (χ1) is 16.9. The Kier molecular flexibility index (Phi) is 8.35. The minimum Gasteiger partial charge on any atom is -0.492 e. The predicted molar refractivity (Wildman–Crippen MR) is 135 cm³/mol. The van der Waals surface area contributed by atoms with Crippen LogP contribution in [0.3, 0.4) is 0 Å². The number of carbonyl (C=O) groups is 3. The van der Waals surface area contributed by atoms with Crippen LogP contribution in [0.2, 0.25) is 0 Å². The summed E-state index contributed by atoms with van der Waals surface area (Å²) in [6, 6.07) is 9.10. The molecule has 2 aliphatic rings. The second kappa shape index (κ2) is 11.6. The van der Waals surface area contributed by atoms with Crippen LogP contribution in [0.5, 0.6) is 5.75 Å². The highest BCUT2D eigenvalue weighted by molar-refractivity contribution is 9.10. The fraction of sp³-hybridized carbons (Fsp3) is 0.440. The molecule has 0 bridgehead atoms. The normalized spacial score (nSPS) is 18.9. The van der Waals surface area contributed by atoms with E-state index in [1.807, 2.05) is 12.1 Å². The third kappa shape index (κ3) is 6.58. The SMILES string of the molecule is NC(=O)c1ccc(OCCC2CCN(c3cccc(Br)c3CNC3CCC(=O)NC3=O)CC2)cn1. The van der Waals surface area contributed by atoms with Crippen molar-refractivity contribution in [2.24, 2.45) is 11.7 Å². The number of nitrogens with zero attached hydrogens (tertiary/aromatic N) is 2. The molecule has 2 aliphatic heterocycles. The Bertz CT molecular complexity index is 1070. The van der Waals surface area contributed by atoms with Crippen LogP contribution in [-0.2, 0) is 16.1 Å². The van der Waals surface area contributed by atoms with Crippen molar-refractivity contribution in [1.29, 1.82) is 0 Å². The molecule has 186 valence electrons. The lowest BCUT2D eigenvalue weighted by Crippen LogP contribution is -2.50. The van der Waals surface area contributed by atoms with Crippen molar-refractivity contribution in [2.45, 2.75) is 44.7 Å². The maximum atomic E-state index is 12.1. The number of anilines is 1. The van der Waals surface area contributed by atoms with Gasteiger partial charge in [-0.1, -0.05) is 22.0 Å². The number of rotatable bonds is 9. The van der Waals surface area contributed by atoms with Crippen LogP contribution < -0.4 is 26.0 Å². The summed E-state index contributed by atoms with van der Waals surface area (Å²) in [5.41, 5.74) is 7.72. The van der Waals surface area contributed by atoms with Gasteiger partial charge in [-0.15, -0.1) is 0 Å². The summed E-state index contributed by atoms with van der Waals surface area (Å²) in [7, 11) is 0. The molecular formula is C25H30BrN5O4. The summed E-state index contributed by atoms with van der Waals surface area (Å²) in [6.07, 6.45) is 5.49. The topological polar surface area (TPSA) is 127 Å². The monoisotopic (exact) mass is 543 g/mol. The molecule has 35 heavy (non-hydrogen) atoms. The lowest BCUT2D eigenvalue weighted by molar-refractivity contribution is -0.134. The first-order valence-corrected chi connectivity index (χ1v) is 12.7. The van der Waals surface area contributed by atoms with Crippen molar-refractivity contribution >= 4 is 39.3 Å². The van der Waals surface area contributed by atoms with E-state index < -0.39 is 5.91 Å². The number of primary amides is 1. The predicted octanol–water partition coefficient (Wildman–Crippen LogP) is 2.52. The molecule has 9 nitrogen and oxygen atoms in total. The number of carbonyl (C=O) groups excluding carboxylic acids is 3. The summed E-state index contributed by atoms with van der Waals surface area (Å²) in [6.45, 7) is 3.03. The van der Waals surface area contributed by atoms with Gasteiger partial charge in [-0.05, 0) is 55.9 Å². The van der Waals surface area contributed by atoms with Crippen LogP contribution in [0.4, 0.5) is 5.69 Å². The molecule has 10 heteroatoms. The lowest BCUT2D eigenvalue weighted by atomic mass is 9.93. The van der Waals surface area contributed by atoms with Gasteiger partial charge >= 0.3 is 0 Å². The van der Waals surface area contributed by atoms with Crippen LogP contribution in [0, 0.1) is 5.92 Å². The molecular weight excluding hydrogens is 514 g/mol. The highest BCUT2D eigenvalue weighted by atomic mass is 79.9. The number of amides is 3. The number of pyridine rings is 1. The Morgan fingerprint density at radius 3 is 2.69 bits per heavy atom. The highest BCUT2D eigenvalue weighted by Gasteiger charge is 2.27. The van der Waals surface area contributed by atoms with Gasteiger partial charge in [-0.3, -0.25) is 19.7 Å². The summed E-state index contributed by atoms with van der Waals surface area (Å²) in [5.74, 6) is 0.192. The van der Waals surface area contributed by atoms with Gasteiger partial charge in [0.05, 0.1) is 18.8 Å². The Balaban J connectivity index is 1.27. The van der Waals surface area contributed by atoms with Crippen molar-refractivity contribution in [3.8, 4) is 5.75 Å². The summed E-state index contributed by atoms with van der Waals surface area (Å²) in [4.78, 5) is 41.0. The fourth-order valence-electron chi connectivity index (χ4n) is 4.55. The Morgan fingerprint density at radius 2 is 2.00 bits per heavy atom. The number of piperidine rings is 2. The molecule has 4 rings (SSSR count). The van der Waals surface area contributed by atoms with Gasteiger partial charge in [-0.2, -0.15) is 0 Å². The van der Waals surface area contributed by atoms with Gasteiger partial charge in [0, 0.05) is 41.8 Å². The van der Waals surface area contributed by atoms with Crippen LogP contribution in [-0.4, -0.2) is 48.4 Å². The Morgan fingerprint density at radius 1 is 1.20 bits per heavy atom. The van der Waals surface area contributed by atoms with Crippen molar-refractivity contribution < 1.29 is 19.1 Å². The van der Waals surface area contributed by atoms with Gasteiger partial charge in [0.2, 0.25) is 11.8 Å². The van der Waals surface area contributed by atoms with E-state index >= 15 is 0 Å². The third-order valence-corrected chi connectivity index (χ3v) is 7.34. The van der Waals surface area contributed by atoms with Gasteiger partial charge < -0.3 is 20.7 Å². The van der Waals surface area contributed by atoms with Crippen molar-refractivity contribution in [2.75, 3.05) is 24.6 Å². The number of imide groups is 1. The first-order valence-electron chi connectivity index (χ1n) is 11.9. The maximum Gasteiger partial charge on any atom is 0.267 e. The highest BCUT2D eigenvalue weighted by Crippen LogP contribution is 2.32. The van der Waals surface area contributed by atoms with E-state index in [0.717, 1.165) is 48.1 Å². The molecule has 2 saturated heterocycles. The van der Waals surface area contributed by atoms with Gasteiger partial charge in [0.15, 0.2) is 0 Å². The first kappa shape index (κ1) is 25.1. The molecule has 0 spiro atoms. The molecule has 1 atom stereocenters. The van der Waals surface area contributed by atoms with E-state index in [2.05, 4.69) is 42.5 Å². The minimum absolute atomic E-state index is 0.208. The number of ether oxygens (including phenoxy) is 1. The van der Waals surface area contributed by atoms with Crippen LogP contribution >= 0.6 is 15.9 Å². The van der Waals surface area contributed by atoms with Crippen LogP contribution in [0.1, 0.15) is 48.2 Å². The molecule has 2 aromatic rings. The van der Waals surface area contributed by atoms with E-state index in [1.165, 1.54) is 6.20 Å². The van der Waals surface area contributed by atoms with E-state index in [1.54, 1.807) is 12.1 Å². The standard InChI is InChI=1S/C25H30BrN5O4/c26-19-2-1-3-22(18(19)15-29-21-6-7-23(32)30-25(21)34)31-11-8-16(9-12-31)10-13-35-17-4-5-20(24(27)33)28-14-17/h1-5,14,16,21,29H,6-13,15H2,(H2,27,33)(H,30,32,34). The summed E-state index contributed by atoms with van der Waals surface area (Å²) < 4.78 is 6.80. The number of nitrogens with one attached hydrogen (secondary N) is 2. The second-order valence-corrected chi connectivity index (χ2v) is 9.79. The van der Waals surface area contributed by atoms with Crippen molar-refractivity contribution in [3.63, 3.8) is 0 Å². The molecule has 1 aromatic heterocycles.